The van der Waals surface area contributed by atoms with Gasteiger partial charge in [0.1, 0.15) is 0 Å². The molecule has 5 nitrogen and oxygen atoms in total. The molecule has 2 atom stereocenters. The third-order valence-corrected chi connectivity index (χ3v) is 5.63. The summed E-state index contributed by atoms with van der Waals surface area (Å²) >= 11 is 0. The first kappa shape index (κ1) is 17.0. The summed E-state index contributed by atoms with van der Waals surface area (Å²) in [4.78, 5) is 3.18. The quantitative estimate of drug-likeness (QED) is 0.870. The third-order valence-electron chi connectivity index (χ3n) is 4.26. The first-order valence-corrected chi connectivity index (χ1v) is 9.76. The highest BCUT2D eigenvalue weighted by Crippen LogP contribution is 2.17. The highest BCUT2D eigenvalue weighted by molar-refractivity contribution is 7.85. The molecule has 0 aliphatic carbocycles. The predicted octanol–water partition coefficient (Wildman–Crippen LogP) is 2.15. The summed E-state index contributed by atoms with van der Waals surface area (Å²) < 4.78 is 12.2. The average Bonchev–Trinajstić information content (AvgIpc) is 2.63. The van der Waals surface area contributed by atoms with Gasteiger partial charge >= 0.3 is 0 Å². The lowest BCUT2D eigenvalue weighted by Gasteiger charge is -2.33. The van der Waals surface area contributed by atoms with Crippen molar-refractivity contribution >= 4 is 16.6 Å². The highest BCUT2D eigenvalue weighted by atomic mass is 32.2. The molecule has 0 bridgehead atoms. The Morgan fingerprint density at radius 3 is 2.79 bits per heavy atom. The number of rotatable bonds is 6. The molecule has 1 aliphatic heterocycles. The number of piperidine rings is 1. The fraction of sp³-hybridized carbons (Fsp3) is 0.444. The molecule has 0 radical (unpaired) electrons. The van der Waals surface area contributed by atoms with Gasteiger partial charge in [0, 0.05) is 36.3 Å². The van der Waals surface area contributed by atoms with Gasteiger partial charge in [0.25, 0.3) is 0 Å². The number of hydrogen-bond donors (Lipinski definition) is 1. The number of aryl methyl sites for hydroxylation is 1. The summed E-state index contributed by atoms with van der Waals surface area (Å²) in [6.07, 6.45) is 2.28. The minimum Gasteiger partial charge on any atom is -0.354 e. The molecule has 2 aromatic rings. The summed E-state index contributed by atoms with van der Waals surface area (Å²) in [6.45, 7) is 4.66. The monoisotopic (exact) mass is 344 g/mol. The summed E-state index contributed by atoms with van der Waals surface area (Å²) in [5.74, 6) is 1.59. The van der Waals surface area contributed by atoms with Gasteiger partial charge in [-0.2, -0.15) is 5.10 Å². The van der Waals surface area contributed by atoms with Gasteiger partial charge < -0.3 is 10.2 Å². The van der Waals surface area contributed by atoms with Crippen LogP contribution in [0.5, 0.6) is 0 Å². The van der Waals surface area contributed by atoms with Gasteiger partial charge in [0.15, 0.2) is 5.82 Å². The van der Waals surface area contributed by atoms with E-state index in [2.05, 4.69) is 20.4 Å². The molecule has 3 rings (SSSR count). The van der Waals surface area contributed by atoms with Crippen molar-refractivity contribution in [3.8, 4) is 0 Å². The Morgan fingerprint density at radius 2 is 2.04 bits per heavy atom. The molecule has 1 fully saturated rings. The highest BCUT2D eigenvalue weighted by Gasteiger charge is 2.20. The second-order valence-corrected chi connectivity index (χ2v) is 7.71. The van der Waals surface area contributed by atoms with Gasteiger partial charge in [0.2, 0.25) is 0 Å². The van der Waals surface area contributed by atoms with Crippen molar-refractivity contribution in [2.75, 3.05) is 30.3 Å². The average molecular weight is 344 g/mol. The van der Waals surface area contributed by atoms with Gasteiger partial charge in [0.05, 0.1) is 16.5 Å². The van der Waals surface area contributed by atoms with Crippen LogP contribution in [0.2, 0.25) is 0 Å². The van der Waals surface area contributed by atoms with Crippen molar-refractivity contribution in [2.45, 2.75) is 30.7 Å². The van der Waals surface area contributed by atoms with Gasteiger partial charge in [-0.3, -0.25) is 4.21 Å². The molecular weight excluding hydrogens is 320 g/mol. The molecule has 2 heterocycles. The zero-order chi connectivity index (χ0) is 16.8. The van der Waals surface area contributed by atoms with Crippen LogP contribution in [0.15, 0.2) is 47.4 Å². The molecule has 6 heteroatoms. The van der Waals surface area contributed by atoms with Crippen molar-refractivity contribution in [1.82, 2.24) is 15.5 Å². The lowest BCUT2D eigenvalue weighted by Crippen LogP contribution is -2.47. The number of benzene rings is 1. The van der Waals surface area contributed by atoms with Gasteiger partial charge in [-0.1, -0.05) is 18.2 Å². The molecule has 1 aliphatic rings. The Morgan fingerprint density at radius 1 is 1.21 bits per heavy atom. The second-order valence-electron chi connectivity index (χ2n) is 6.13. The standard InChI is InChI=1S/C18H24N4OS/c1-15-9-10-18(21-20-15)22-12-5-6-16(14-22)19-11-13-24(23)17-7-3-2-4-8-17/h2-4,7-10,16,19H,5-6,11-14H2,1H3. The number of nitrogens with one attached hydrogen (secondary N) is 1. The van der Waals surface area contributed by atoms with Crippen LogP contribution in [0, 0.1) is 6.92 Å². The lowest BCUT2D eigenvalue weighted by atomic mass is 10.1. The number of aromatic nitrogens is 2. The summed E-state index contributed by atoms with van der Waals surface area (Å²) in [6, 6.07) is 14.1. The normalized spacial score (nSPS) is 19.2. The van der Waals surface area contributed by atoms with E-state index < -0.39 is 10.8 Å². The second kappa shape index (κ2) is 8.35. The Bertz CT molecular complexity index is 662. The third kappa shape index (κ3) is 4.61. The van der Waals surface area contributed by atoms with Crippen molar-refractivity contribution in [1.29, 1.82) is 0 Å². The fourth-order valence-corrected chi connectivity index (χ4v) is 3.96. The van der Waals surface area contributed by atoms with Crippen molar-refractivity contribution in [3.63, 3.8) is 0 Å². The van der Waals surface area contributed by atoms with Gasteiger partial charge in [-0.05, 0) is 44.0 Å². The van der Waals surface area contributed by atoms with Crippen LogP contribution >= 0.6 is 0 Å². The maximum atomic E-state index is 12.2. The minimum atomic E-state index is -0.934. The molecule has 0 saturated carbocycles. The van der Waals surface area contributed by atoms with Crippen molar-refractivity contribution in [3.05, 3.63) is 48.2 Å². The van der Waals surface area contributed by atoms with Crippen LogP contribution in [-0.4, -0.2) is 45.8 Å². The first-order valence-electron chi connectivity index (χ1n) is 8.44. The smallest absolute Gasteiger partial charge is 0.151 e. The summed E-state index contributed by atoms with van der Waals surface area (Å²) in [7, 11) is -0.934. The number of anilines is 1. The van der Waals surface area contributed by atoms with E-state index in [1.807, 2.05) is 49.4 Å². The zero-order valence-electron chi connectivity index (χ0n) is 14.0. The molecule has 128 valence electrons. The Kier molecular flexibility index (Phi) is 5.93. The topological polar surface area (TPSA) is 58.1 Å². The van der Waals surface area contributed by atoms with Crippen LogP contribution in [0.25, 0.3) is 0 Å². The number of hydrogen-bond acceptors (Lipinski definition) is 5. The SMILES string of the molecule is Cc1ccc(N2CCCC(NCCS(=O)c3ccccc3)C2)nn1. The molecular formula is C18H24N4OS. The maximum absolute atomic E-state index is 12.2. The largest absolute Gasteiger partial charge is 0.354 e. The molecule has 0 spiro atoms. The van der Waals surface area contributed by atoms with E-state index in [9.17, 15) is 4.21 Å². The van der Waals surface area contributed by atoms with E-state index >= 15 is 0 Å². The first-order chi connectivity index (χ1) is 11.7. The zero-order valence-corrected chi connectivity index (χ0v) is 14.8. The fourth-order valence-electron chi connectivity index (χ4n) is 2.96. The van der Waals surface area contributed by atoms with Crippen LogP contribution in [-0.2, 0) is 10.8 Å². The van der Waals surface area contributed by atoms with E-state index in [-0.39, 0.29) is 0 Å². The Labute approximate surface area is 145 Å². The summed E-state index contributed by atoms with van der Waals surface area (Å²) in [5.41, 5.74) is 0.939. The molecule has 1 N–H and O–H groups in total. The molecule has 0 amide bonds. The van der Waals surface area contributed by atoms with Gasteiger partial charge in [-0.25, -0.2) is 0 Å². The molecule has 2 unspecified atom stereocenters. The Balaban J connectivity index is 1.47. The van der Waals surface area contributed by atoms with E-state index in [1.54, 1.807) is 0 Å². The lowest BCUT2D eigenvalue weighted by molar-refractivity contribution is 0.429. The molecule has 1 aromatic heterocycles. The Hall–Kier alpha value is -1.79. The van der Waals surface area contributed by atoms with Gasteiger partial charge in [-0.15, -0.1) is 5.10 Å². The predicted molar refractivity (Wildman–Crippen MR) is 97.7 cm³/mol. The molecule has 1 aromatic carbocycles. The minimum absolute atomic E-state index is 0.412. The van der Waals surface area contributed by atoms with Crippen LogP contribution < -0.4 is 10.2 Å². The molecule has 1 saturated heterocycles. The number of nitrogens with zero attached hydrogens (tertiary/aromatic N) is 3. The van der Waals surface area contributed by atoms with Crippen LogP contribution in [0.4, 0.5) is 5.82 Å². The maximum Gasteiger partial charge on any atom is 0.151 e. The molecule has 24 heavy (non-hydrogen) atoms. The van der Waals surface area contributed by atoms with E-state index in [0.717, 1.165) is 48.9 Å². The van der Waals surface area contributed by atoms with Crippen molar-refractivity contribution in [2.24, 2.45) is 0 Å². The van der Waals surface area contributed by atoms with Crippen LogP contribution in [0.3, 0.4) is 0 Å². The van der Waals surface area contributed by atoms with E-state index in [1.165, 1.54) is 0 Å². The van der Waals surface area contributed by atoms with E-state index in [4.69, 9.17) is 0 Å². The summed E-state index contributed by atoms with van der Waals surface area (Å²) in [5, 5.41) is 12.0. The van der Waals surface area contributed by atoms with Crippen molar-refractivity contribution < 1.29 is 4.21 Å². The van der Waals surface area contributed by atoms with E-state index in [0.29, 0.717) is 11.8 Å². The van der Waals surface area contributed by atoms with Crippen LogP contribution in [0.1, 0.15) is 18.5 Å².